The second-order valence-corrected chi connectivity index (χ2v) is 6.61. The van der Waals surface area contributed by atoms with E-state index in [1.807, 2.05) is 0 Å². The summed E-state index contributed by atoms with van der Waals surface area (Å²) in [6, 6.07) is 5.16. The summed E-state index contributed by atoms with van der Waals surface area (Å²) in [5.41, 5.74) is 2.56. The highest BCUT2D eigenvalue weighted by Crippen LogP contribution is 2.34. The Kier molecular flexibility index (Phi) is 3.25. The zero-order chi connectivity index (χ0) is 13.6. The molecule has 0 N–H and O–H groups in total. The first kappa shape index (κ1) is 12.9. The maximum Gasteiger partial charge on any atom is 0.129 e. The number of hydrogen-bond acceptors (Lipinski definition) is 3. The number of aryl methyl sites for hydroxylation is 1. The van der Waals surface area contributed by atoms with Crippen molar-refractivity contribution >= 4 is 5.82 Å². The number of likely N-dealkylation sites (N-methyl/N-ethyl adjacent to an activating group) is 1. The highest BCUT2D eigenvalue weighted by Gasteiger charge is 2.40. The van der Waals surface area contributed by atoms with Crippen LogP contribution in [0.4, 0.5) is 5.82 Å². The van der Waals surface area contributed by atoms with Gasteiger partial charge in [-0.05, 0) is 49.9 Å². The van der Waals surface area contributed by atoms with E-state index in [9.17, 15) is 0 Å². The number of fused-ring (bicyclic) bond motifs is 1. The molecule has 0 aliphatic carbocycles. The molecule has 0 bridgehead atoms. The van der Waals surface area contributed by atoms with Crippen LogP contribution < -0.4 is 4.90 Å². The monoisotopic (exact) mass is 259 g/mol. The number of anilines is 1. The van der Waals surface area contributed by atoms with Gasteiger partial charge in [0.1, 0.15) is 5.82 Å². The Morgan fingerprint density at radius 2 is 2.05 bits per heavy atom. The van der Waals surface area contributed by atoms with E-state index in [-0.39, 0.29) is 0 Å². The van der Waals surface area contributed by atoms with Gasteiger partial charge in [0.15, 0.2) is 0 Å². The second-order valence-electron chi connectivity index (χ2n) is 6.61. The van der Waals surface area contributed by atoms with Crippen molar-refractivity contribution in [3.8, 4) is 0 Å². The van der Waals surface area contributed by atoms with E-state index in [1.54, 1.807) is 0 Å². The molecule has 3 nitrogen and oxygen atoms in total. The fraction of sp³-hybridized carbons (Fsp3) is 0.688. The fourth-order valence-electron chi connectivity index (χ4n) is 3.58. The molecule has 2 unspecified atom stereocenters. The number of pyridine rings is 1. The van der Waals surface area contributed by atoms with Crippen LogP contribution in [0.3, 0.4) is 0 Å². The fourth-order valence-corrected chi connectivity index (χ4v) is 3.58. The van der Waals surface area contributed by atoms with E-state index in [0.29, 0.717) is 12.0 Å². The summed E-state index contributed by atoms with van der Waals surface area (Å²) >= 11 is 0. The number of hydrogen-bond donors (Lipinski definition) is 0. The van der Waals surface area contributed by atoms with Gasteiger partial charge < -0.3 is 9.80 Å². The van der Waals surface area contributed by atoms with Crippen LogP contribution in [-0.2, 0) is 0 Å². The normalized spacial score (nSPS) is 27.3. The predicted octanol–water partition coefficient (Wildman–Crippen LogP) is 2.65. The lowest BCUT2D eigenvalue weighted by molar-refractivity contribution is 0.386. The van der Waals surface area contributed by atoms with Crippen molar-refractivity contribution in [2.45, 2.75) is 39.2 Å². The molecule has 2 fully saturated rings. The van der Waals surface area contributed by atoms with Gasteiger partial charge in [-0.2, -0.15) is 0 Å². The predicted molar refractivity (Wildman–Crippen MR) is 79.8 cm³/mol. The number of nitrogens with zero attached hydrogens (tertiary/aromatic N) is 3. The molecule has 0 radical (unpaired) electrons. The molecule has 104 valence electrons. The number of aromatic nitrogens is 1. The van der Waals surface area contributed by atoms with Gasteiger partial charge >= 0.3 is 0 Å². The van der Waals surface area contributed by atoms with E-state index in [1.165, 1.54) is 43.1 Å². The van der Waals surface area contributed by atoms with Gasteiger partial charge in [-0.25, -0.2) is 4.98 Å². The molecular weight excluding hydrogens is 234 g/mol. The average molecular weight is 259 g/mol. The molecule has 2 aliphatic heterocycles. The second kappa shape index (κ2) is 4.78. The first-order chi connectivity index (χ1) is 9.04. The quantitative estimate of drug-likeness (QED) is 0.814. The topological polar surface area (TPSA) is 19.4 Å². The Morgan fingerprint density at radius 1 is 1.26 bits per heavy atom. The van der Waals surface area contributed by atoms with E-state index < -0.39 is 0 Å². The molecule has 1 aromatic heterocycles. The van der Waals surface area contributed by atoms with Crippen molar-refractivity contribution in [3.63, 3.8) is 0 Å². The van der Waals surface area contributed by atoms with Crippen LogP contribution >= 0.6 is 0 Å². The maximum atomic E-state index is 4.91. The van der Waals surface area contributed by atoms with Gasteiger partial charge in [0.2, 0.25) is 0 Å². The van der Waals surface area contributed by atoms with Crippen molar-refractivity contribution < 1.29 is 0 Å². The SMILES string of the molecule is Cc1cc(C(C)C)nc(N2CCC3CN(C)CC32)c1. The van der Waals surface area contributed by atoms with Crippen molar-refractivity contribution in [1.82, 2.24) is 9.88 Å². The largest absolute Gasteiger partial charge is 0.352 e. The van der Waals surface area contributed by atoms with Gasteiger partial charge in [0.05, 0.1) is 0 Å². The van der Waals surface area contributed by atoms with Gasteiger partial charge in [-0.15, -0.1) is 0 Å². The third kappa shape index (κ3) is 2.36. The highest BCUT2D eigenvalue weighted by molar-refractivity contribution is 5.46. The standard InChI is InChI=1S/C16H25N3/c1-11(2)14-7-12(3)8-16(17-14)19-6-5-13-9-18(4)10-15(13)19/h7-8,11,13,15H,5-6,9-10H2,1-4H3. The van der Waals surface area contributed by atoms with Crippen LogP contribution in [-0.4, -0.2) is 42.6 Å². The average Bonchev–Trinajstić information content (AvgIpc) is 2.86. The van der Waals surface area contributed by atoms with Crippen LogP contribution in [0.2, 0.25) is 0 Å². The van der Waals surface area contributed by atoms with Crippen molar-refractivity contribution in [2.24, 2.45) is 5.92 Å². The van der Waals surface area contributed by atoms with Crippen molar-refractivity contribution in [2.75, 3.05) is 31.6 Å². The third-order valence-electron chi connectivity index (χ3n) is 4.59. The van der Waals surface area contributed by atoms with E-state index >= 15 is 0 Å². The minimum absolute atomic E-state index is 0.503. The first-order valence-corrected chi connectivity index (χ1v) is 7.48. The summed E-state index contributed by atoms with van der Waals surface area (Å²) in [6.07, 6.45) is 1.32. The van der Waals surface area contributed by atoms with E-state index in [2.05, 4.69) is 49.8 Å². The number of rotatable bonds is 2. The molecule has 3 rings (SSSR count). The van der Waals surface area contributed by atoms with Crippen molar-refractivity contribution in [3.05, 3.63) is 23.4 Å². The third-order valence-corrected chi connectivity index (χ3v) is 4.59. The minimum atomic E-state index is 0.503. The minimum Gasteiger partial charge on any atom is -0.352 e. The summed E-state index contributed by atoms with van der Waals surface area (Å²) in [5.74, 6) is 2.55. The molecule has 2 aliphatic rings. The van der Waals surface area contributed by atoms with Crippen LogP contribution in [0, 0.1) is 12.8 Å². The molecule has 2 saturated heterocycles. The van der Waals surface area contributed by atoms with E-state index in [4.69, 9.17) is 4.98 Å². The lowest BCUT2D eigenvalue weighted by atomic mass is 10.0. The van der Waals surface area contributed by atoms with E-state index in [0.717, 1.165) is 5.92 Å². The molecule has 0 spiro atoms. The first-order valence-electron chi connectivity index (χ1n) is 7.48. The van der Waals surface area contributed by atoms with Crippen LogP contribution in [0.25, 0.3) is 0 Å². The lowest BCUT2D eigenvalue weighted by Crippen LogP contribution is -2.35. The molecule has 0 aromatic carbocycles. The van der Waals surface area contributed by atoms with Crippen molar-refractivity contribution in [1.29, 1.82) is 0 Å². The smallest absolute Gasteiger partial charge is 0.129 e. The summed E-state index contributed by atoms with van der Waals surface area (Å²) in [6.45, 7) is 10.3. The molecule has 1 aromatic rings. The Morgan fingerprint density at radius 3 is 2.79 bits per heavy atom. The molecule has 0 amide bonds. The van der Waals surface area contributed by atoms with Crippen LogP contribution in [0.1, 0.15) is 37.4 Å². The van der Waals surface area contributed by atoms with Gasteiger partial charge in [-0.3, -0.25) is 0 Å². The van der Waals surface area contributed by atoms with Gasteiger partial charge in [0.25, 0.3) is 0 Å². The Labute approximate surface area is 116 Å². The Bertz CT molecular complexity index is 469. The summed E-state index contributed by atoms with van der Waals surface area (Å²) in [5, 5.41) is 0. The molecule has 2 atom stereocenters. The molecule has 3 heterocycles. The van der Waals surface area contributed by atoms with Crippen LogP contribution in [0.5, 0.6) is 0 Å². The lowest BCUT2D eigenvalue weighted by Gasteiger charge is -2.26. The van der Waals surface area contributed by atoms with Crippen LogP contribution in [0.15, 0.2) is 12.1 Å². The molecule has 19 heavy (non-hydrogen) atoms. The molecular formula is C16H25N3. The summed E-state index contributed by atoms with van der Waals surface area (Å²) < 4.78 is 0. The highest BCUT2D eigenvalue weighted by atomic mass is 15.3. The molecule has 3 heteroatoms. The van der Waals surface area contributed by atoms with Gasteiger partial charge in [0, 0.05) is 31.4 Å². The zero-order valence-corrected chi connectivity index (χ0v) is 12.6. The summed E-state index contributed by atoms with van der Waals surface area (Å²) in [4.78, 5) is 9.92. The van der Waals surface area contributed by atoms with Gasteiger partial charge in [-0.1, -0.05) is 13.8 Å². The number of likely N-dealkylation sites (tertiary alicyclic amines) is 1. The molecule has 0 saturated carbocycles. The maximum absolute atomic E-state index is 4.91. The summed E-state index contributed by atoms with van der Waals surface area (Å²) in [7, 11) is 2.24. The zero-order valence-electron chi connectivity index (χ0n) is 12.6. The Hall–Kier alpha value is -1.09. The Balaban J connectivity index is 1.90.